The summed E-state index contributed by atoms with van der Waals surface area (Å²) in [5.41, 5.74) is 0.350. The second kappa shape index (κ2) is 11.8. The number of rotatable bonds is 10. The van der Waals surface area contributed by atoms with Crippen molar-refractivity contribution in [3.63, 3.8) is 0 Å². The van der Waals surface area contributed by atoms with Crippen LogP contribution in [0.1, 0.15) is 38.7 Å². The number of aliphatic hydroxyl groups excluding tert-OH is 1. The lowest BCUT2D eigenvalue weighted by Crippen LogP contribution is -2.38. The zero-order chi connectivity index (χ0) is 17.8. The van der Waals surface area contributed by atoms with Crippen LogP contribution in [-0.2, 0) is 6.42 Å². The lowest BCUT2D eigenvalue weighted by molar-refractivity contribution is 0.253. The molecule has 4 nitrogen and oxygen atoms in total. The van der Waals surface area contributed by atoms with E-state index in [2.05, 4.69) is 22.5 Å². The highest BCUT2D eigenvalue weighted by Gasteiger charge is 2.09. The zero-order valence-electron chi connectivity index (χ0n) is 14.6. The van der Waals surface area contributed by atoms with Gasteiger partial charge >= 0.3 is 0 Å². The van der Waals surface area contributed by atoms with Gasteiger partial charge in [0.15, 0.2) is 17.6 Å². The molecular formula is C18H29F2N3O. The topological polar surface area (TPSA) is 56.7 Å². The van der Waals surface area contributed by atoms with Crippen molar-refractivity contribution in [3.05, 3.63) is 35.4 Å². The Balaban J connectivity index is 2.55. The Morgan fingerprint density at radius 2 is 2.00 bits per heavy atom. The lowest BCUT2D eigenvalue weighted by Gasteiger charge is -2.15. The normalized spacial score (nSPS) is 13.0. The van der Waals surface area contributed by atoms with Crippen LogP contribution in [-0.4, -0.2) is 37.3 Å². The van der Waals surface area contributed by atoms with E-state index in [9.17, 15) is 8.78 Å². The molecule has 0 amide bonds. The van der Waals surface area contributed by atoms with Gasteiger partial charge in [0.1, 0.15) is 0 Å². The first-order chi connectivity index (χ1) is 11.6. The van der Waals surface area contributed by atoms with Gasteiger partial charge < -0.3 is 15.7 Å². The standard InChI is InChI=1S/C18H29F2N3O/c1-3-6-14(10-12-24)13-23-18(21-4-2)22-11-9-15-7-5-8-16(19)17(15)20/h5,7-8,14,24H,3-4,6,9-13H2,1-2H3,(H2,21,22,23). The lowest BCUT2D eigenvalue weighted by atomic mass is 10.0. The molecule has 24 heavy (non-hydrogen) atoms. The summed E-state index contributed by atoms with van der Waals surface area (Å²) >= 11 is 0. The van der Waals surface area contributed by atoms with Crippen LogP contribution in [0.5, 0.6) is 0 Å². The van der Waals surface area contributed by atoms with Crippen LogP contribution in [0, 0.1) is 17.6 Å². The predicted octanol–water partition coefficient (Wildman–Crippen LogP) is 2.86. The minimum atomic E-state index is -0.820. The van der Waals surface area contributed by atoms with Crippen molar-refractivity contribution < 1.29 is 13.9 Å². The molecule has 1 unspecified atom stereocenters. The minimum absolute atomic E-state index is 0.170. The van der Waals surface area contributed by atoms with Gasteiger partial charge in [-0.15, -0.1) is 0 Å². The summed E-state index contributed by atoms with van der Waals surface area (Å²) in [6.07, 6.45) is 3.20. The Hall–Kier alpha value is -1.69. The van der Waals surface area contributed by atoms with E-state index in [-0.39, 0.29) is 6.61 Å². The van der Waals surface area contributed by atoms with E-state index in [0.717, 1.165) is 31.9 Å². The molecule has 0 radical (unpaired) electrons. The molecule has 0 aromatic heterocycles. The molecule has 0 heterocycles. The summed E-state index contributed by atoms with van der Waals surface area (Å²) in [5.74, 6) is -0.587. The molecule has 1 rings (SSSR count). The highest BCUT2D eigenvalue weighted by molar-refractivity contribution is 5.79. The third kappa shape index (κ3) is 7.25. The fourth-order valence-electron chi connectivity index (χ4n) is 2.54. The van der Waals surface area contributed by atoms with Crippen molar-refractivity contribution in [2.24, 2.45) is 10.9 Å². The van der Waals surface area contributed by atoms with Crippen molar-refractivity contribution in [2.45, 2.75) is 39.5 Å². The molecule has 136 valence electrons. The van der Waals surface area contributed by atoms with Crippen LogP contribution in [0.4, 0.5) is 8.78 Å². The van der Waals surface area contributed by atoms with E-state index >= 15 is 0 Å². The molecule has 6 heteroatoms. The van der Waals surface area contributed by atoms with Gasteiger partial charge in [-0.1, -0.05) is 25.5 Å². The Bertz CT molecular complexity index is 503. The Morgan fingerprint density at radius 3 is 2.67 bits per heavy atom. The molecule has 0 spiro atoms. The van der Waals surface area contributed by atoms with E-state index in [1.807, 2.05) is 6.92 Å². The van der Waals surface area contributed by atoms with Gasteiger partial charge in [-0.3, -0.25) is 4.99 Å². The number of aliphatic hydroxyl groups is 1. The van der Waals surface area contributed by atoms with Crippen molar-refractivity contribution in [1.82, 2.24) is 10.6 Å². The van der Waals surface area contributed by atoms with E-state index in [1.165, 1.54) is 6.07 Å². The number of hydrogen-bond acceptors (Lipinski definition) is 2. The van der Waals surface area contributed by atoms with Crippen LogP contribution in [0.25, 0.3) is 0 Å². The molecule has 0 aliphatic rings. The monoisotopic (exact) mass is 341 g/mol. The molecule has 0 aliphatic carbocycles. The van der Waals surface area contributed by atoms with E-state index in [0.29, 0.717) is 37.0 Å². The maximum absolute atomic E-state index is 13.6. The number of hydrogen-bond donors (Lipinski definition) is 3. The zero-order valence-corrected chi connectivity index (χ0v) is 14.6. The van der Waals surface area contributed by atoms with Crippen LogP contribution in [0.3, 0.4) is 0 Å². The number of nitrogens with zero attached hydrogens (tertiary/aromatic N) is 1. The Labute approximate surface area is 143 Å². The SMILES string of the molecule is CCCC(CCO)CN=C(NCC)NCCc1cccc(F)c1F. The predicted molar refractivity (Wildman–Crippen MR) is 94.1 cm³/mol. The molecule has 1 atom stereocenters. The number of nitrogens with one attached hydrogen (secondary N) is 2. The summed E-state index contributed by atoms with van der Waals surface area (Å²) in [6, 6.07) is 4.22. The third-order valence-electron chi connectivity index (χ3n) is 3.80. The molecule has 0 saturated heterocycles. The fraction of sp³-hybridized carbons (Fsp3) is 0.611. The molecule has 0 fully saturated rings. The van der Waals surface area contributed by atoms with Gasteiger partial charge in [-0.2, -0.15) is 0 Å². The summed E-state index contributed by atoms with van der Waals surface area (Å²) < 4.78 is 26.8. The van der Waals surface area contributed by atoms with E-state index in [4.69, 9.17) is 5.11 Å². The molecule has 1 aromatic carbocycles. The quantitative estimate of drug-likeness (QED) is 0.453. The average molecular weight is 341 g/mol. The highest BCUT2D eigenvalue weighted by Crippen LogP contribution is 2.12. The van der Waals surface area contributed by atoms with Gasteiger partial charge in [0.2, 0.25) is 0 Å². The summed E-state index contributed by atoms with van der Waals surface area (Å²) in [6.45, 7) is 6.08. The number of aliphatic imine (C=N–C) groups is 1. The van der Waals surface area contributed by atoms with Crippen LogP contribution < -0.4 is 10.6 Å². The number of benzene rings is 1. The largest absolute Gasteiger partial charge is 0.396 e. The molecular weight excluding hydrogens is 312 g/mol. The van der Waals surface area contributed by atoms with Crippen molar-refractivity contribution in [1.29, 1.82) is 0 Å². The molecule has 0 aliphatic heterocycles. The Kier molecular flexibility index (Phi) is 10.00. The molecule has 0 bridgehead atoms. The van der Waals surface area contributed by atoms with Crippen molar-refractivity contribution in [2.75, 3.05) is 26.2 Å². The van der Waals surface area contributed by atoms with E-state index in [1.54, 1.807) is 6.07 Å². The fourth-order valence-corrected chi connectivity index (χ4v) is 2.54. The first-order valence-electron chi connectivity index (χ1n) is 8.68. The van der Waals surface area contributed by atoms with Crippen LogP contribution in [0.2, 0.25) is 0 Å². The minimum Gasteiger partial charge on any atom is -0.396 e. The first-order valence-corrected chi connectivity index (χ1v) is 8.68. The molecule has 3 N–H and O–H groups in total. The smallest absolute Gasteiger partial charge is 0.191 e. The van der Waals surface area contributed by atoms with Gasteiger partial charge in [-0.05, 0) is 43.7 Å². The van der Waals surface area contributed by atoms with Gasteiger partial charge in [0.05, 0.1) is 0 Å². The maximum Gasteiger partial charge on any atom is 0.191 e. The van der Waals surface area contributed by atoms with Gasteiger partial charge in [-0.25, -0.2) is 8.78 Å². The summed E-state index contributed by atoms with van der Waals surface area (Å²) in [4.78, 5) is 4.54. The number of guanidine groups is 1. The van der Waals surface area contributed by atoms with Gasteiger partial charge in [0.25, 0.3) is 0 Å². The third-order valence-corrected chi connectivity index (χ3v) is 3.80. The van der Waals surface area contributed by atoms with Crippen molar-refractivity contribution >= 4 is 5.96 Å². The maximum atomic E-state index is 13.6. The van der Waals surface area contributed by atoms with Crippen molar-refractivity contribution in [3.8, 4) is 0 Å². The van der Waals surface area contributed by atoms with Crippen LogP contribution in [0.15, 0.2) is 23.2 Å². The summed E-state index contributed by atoms with van der Waals surface area (Å²) in [7, 11) is 0. The highest BCUT2D eigenvalue weighted by atomic mass is 19.2. The first kappa shape index (κ1) is 20.4. The second-order valence-corrected chi connectivity index (χ2v) is 5.78. The second-order valence-electron chi connectivity index (χ2n) is 5.78. The molecule has 0 saturated carbocycles. The Morgan fingerprint density at radius 1 is 1.21 bits per heavy atom. The summed E-state index contributed by atoms with van der Waals surface area (Å²) in [5, 5.41) is 15.4. The van der Waals surface area contributed by atoms with Gasteiger partial charge in [0, 0.05) is 26.2 Å². The average Bonchev–Trinajstić information content (AvgIpc) is 2.56. The van der Waals surface area contributed by atoms with Crippen LogP contribution >= 0.6 is 0 Å². The number of halogens is 2. The molecule has 1 aromatic rings. The van der Waals surface area contributed by atoms with E-state index < -0.39 is 11.6 Å².